The highest BCUT2D eigenvalue weighted by Gasteiger charge is 2.30. The predicted octanol–water partition coefficient (Wildman–Crippen LogP) is 3.61. The summed E-state index contributed by atoms with van der Waals surface area (Å²) in [7, 11) is 0. The second-order valence-electron chi connectivity index (χ2n) is 5.80. The van der Waals surface area contributed by atoms with Crippen LogP contribution in [0.1, 0.15) is 38.8 Å². The molecule has 1 aliphatic heterocycles. The molecule has 0 unspecified atom stereocenters. The zero-order valence-electron chi connectivity index (χ0n) is 13.0. The normalized spacial score (nSPS) is 21.8. The maximum absolute atomic E-state index is 4.79. The predicted molar refractivity (Wildman–Crippen MR) is 85.3 cm³/mol. The number of hydrogen-bond acceptors (Lipinski definition) is 4. The molecule has 2 aromatic rings. The molecule has 0 radical (unpaired) electrons. The Hall–Kier alpha value is -1.97. The third kappa shape index (κ3) is 2.75. The molecular weight excluding hydrogens is 260 g/mol. The van der Waals surface area contributed by atoms with E-state index in [1.807, 2.05) is 25.1 Å². The van der Waals surface area contributed by atoms with Crippen LogP contribution in [0.15, 0.2) is 30.5 Å². The first-order chi connectivity index (χ1) is 10.2. The highest BCUT2D eigenvalue weighted by atomic mass is 15.3. The van der Waals surface area contributed by atoms with Gasteiger partial charge in [-0.2, -0.15) is 0 Å². The zero-order valence-corrected chi connectivity index (χ0v) is 13.0. The molecule has 0 saturated carbocycles. The van der Waals surface area contributed by atoms with E-state index in [1.165, 1.54) is 12.8 Å². The van der Waals surface area contributed by atoms with Crippen molar-refractivity contribution in [3.63, 3.8) is 0 Å². The summed E-state index contributed by atoms with van der Waals surface area (Å²) in [5, 5.41) is 0. The van der Waals surface area contributed by atoms with Gasteiger partial charge in [-0.3, -0.25) is 4.98 Å². The number of aryl methyl sites for hydroxylation is 1. The van der Waals surface area contributed by atoms with E-state index in [-0.39, 0.29) is 0 Å². The van der Waals surface area contributed by atoms with Gasteiger partial charge in [-0.15, -0.1) is 0 Å². The lowest BCUT2D eigenvalue weighted by Gasteiger charge is -2.29. The largest absolute Gasteiger partial charge is 0.351 e. The van der Waals surface area contributed by atoms with Crippen molar-refractivity contribution in [3.8, 4) is 11.5 Å². The second-order valence-corrected chi connectivity index (χ2v) is 5.80. The van der Waals surface area contributed by atoms with Crippen molar-refractivity contribution in [2.45, 2.75) is 52.1 Å². The minimum Gasteiger partial charge on any atom is -0.351 e. The Bertz CT molecular complexity index is 611. The minimum absolute atomic E-state index is 0.542. The van der Waals surface area contributed by atoms with E-state index in [4.69, 9.17) is 4.98 Å². The van der Waals surface area contributed by atoms with E-state index >= 15 is 0 Å². The monoisotopic (exact) mass is 282 g/mol. The Balaban J connectivity index is 2.02. The van der Waals surface area contributed by atoms with Crippen molar-refractivity contribution in [2.75, 3.05) is 4.90 Å². The molecule has 0 aliphatic carbocycles. The number of aromatic nitrogens is 3. The van der Waals surface area contributed by atoms with Crippen LogP contribution in [0.5, 0.6) is 0 Å². The lowest BCUT2D eigenvalue weighted by molar-refractivity contribution is 0.620. The zero-order chi connectivity index (χ0) is 14.8. The fourth-order valence-electron chi connectivity index (χ4n) is 3.18. The molecule has 3 rings (SSSR count). The number of nitrogens with zero attached hydrogens (tertiary/aromatic N) is 4. The molecule has 0 N–H and O–H groups in total. The van der Waals surface area contributed by atoms with Crippen molar-refractivity contribution in [2.24, 2.45) is 0 Å². The minimum atomic E-state index is 0.542. The Morgan fingerprint density at radius 1 is 1.24 bits per heavy atom. The van der Waals surface area contributed by atoms with Gasteiger partial charge in [-0.05, 0) is 45.2 Å². The van der Waals surface area contributed by atoms with Crippen LogP contribution in [0.25, 0.3) is 11.5 Å². The van der Waals surface area contributed by atoms with Crippen molar-refractivity contribution in [3.05, 3.63) is 36.2 Å². The van der Waals surface area contributed by atoms with Crippen molar-refractivity contribution >= 4 is 5.82 Å². The molecule has 0 aromatic carbocycles. The SMILES string of the molecule is CC[C@H]1CC[C@H](C)N1c1cc(C)nc(-c2ccccn2)n1. The molecule has 1 fully saturated rings. The van der Waals surface area contributed by atoms with Gasteiger partial charge in [0.25, 0.3) is 0 Å². The molecule has 4 heteroatoms. The van der Waals surface area contributed by atoms with E-state index in [2.05, 4.69) is 34.8 Å². The van der Waals surface area contributed by atoms with E-state index in [9.17, 15) is 0 Å². The molecule has 3 heterocycles. The first-order valence-electron chi connectivity index (χ1n) is 7.74. The molecule has 0 amide bonds. The van der Waals surface area contributed by atoms with Crippen LogP contribution in [-0.4, -0.2) is 27.0 Å². The number of anilines is 1. The summed E-state index contributed by atoms with van der Waals surface area (Å²) in [5.74, 6) is 1.76. The lowest BCUT2D eigenvalue weighted by Crippen LogP contribution is -2.35. The third-order valence-corrected chi connectivity index (χ3v) is 4.26. The van der Waals surface area contributed by atoms with E-state index in [0.717, 1.165) is 29.5 Å². The number of rotatable bonds is 3. The quantitative estimate of drug-likeness (QED) is 0.862. The van der Waals surface area contributed by atoms with E-state index in [1.54, 1.807) is 6.20 Å². The smallest absolute Gasteiger partial charge is 0.180 e. The Kier molecular flexibility index (Phi) is 3.86. The van der Waals surface area contributed by atoms with Gasteiger partial charge < -0.3 is 4.90 Å². The molecule has 0 spiro atoms. The van der Waals surface area contributed by atoms with Crippen molar-refractivity contribution in [1.29, 1.82) is 0 Å². The van der Waals surface area contributed by atoms with Crippen molar-refractivity contribution < 1.29 is 0 Å². The average Bonchev–Trinajstić information content (AvgIpc) is 2.88. The van der Waals surface area contributed by atoms with Crippen molar-refractivity contribution in [1.82, 2.24) is 15.0 Å². The fraction of sp³-hybridized carbons (Fsp3) is 0.471. The highest BCUT2D eigenvalue weighted by Crippen LogP contribution is 2.31. The third-order valence-electron chi connectivity index (χ3n) is 4.26. The number of pyridine rings is 1. The van der Waals surface area contributed by atoms with Gasteiger partial charge in [0.15, 0.2) is 5.82 Å². The van der Waals surface area contributed by atoms with Crippen LogP contribution in [0.2, 0.25) is 0 Å². The van der Waals surface area contributed by atoms with Gasteiger partial charge >= 0.3 is 0 Å². The second kappa shape index (κ2) is 5.80. The number of hydrogen-bond donors (Lipinski definition) is 0. The van der Waals surface area contributed by atoms with Gasteiger partial charge in [0.1, 0.15) is 11.5 Å². The molecule has 21 heavy (non-hydrogen) atoms. The van der Waals surface area contributed by atoms with Gasteiger partial charge in [0.05, 0.1) is 0 Å². The maximum Gasteiger partial charge on any atom is 0.180 e. The molecule has 110 valence electrons. The molecule has 0 bridgehead atoms. The first kappa shape index (κ1) is 14.0. The maximum atomic E-state index is 4.79. The molecular formula is C17H22N4. The van der Waals surface area contributed by atoms with Crippen LogP contribution >= 0.6 is 0 Å². The van der Waals surface area contributed by atoms with Crippen LogP contribution in [0.3, 0.4) is 0 Å². The van der Waals surface area contributed by atoms with E-state index in [0.29, 0.717) is 12.1 Å². The topological polar surface area (TPSA) is 41.9 Å². The summed E-state index contributed by atoms with van der Waals surface area (Å²) >= 11 is 0. The van der Waals surface area contributed by atoms with Gasteiger partial charge in [-0.25, -0.2) is 9.97 Å². The standard InChI is InChI=1S/C17H22N4/c1-4-14-9-8-13(3)21(14)16-11-12(2)19-17(20-16)15-7-5-6-10-18-15/h5-7,10-11,13-14H,4,8-9H2,1-3H3/t13-,14-/m0/s1. The lowest BCUT2D eigenvalue weighted by atomic mass is 10.1. The summed E-state index contributed by atoms with van der Waals surface area (Å²) in [4.78, 5) is 16.2. The highest BCUT2D eigenvalue weighted by molar-refractivity contribution is 5.54. The summed E-state index contributed by atoms with van der Waals surface area (Å²) < 4.78 is 0. The van der Waals surface area contributed by atoms with Crippen LogP contribution < -0.4 is 4.90 Å². The summed E-state index contributed by atoms with van der Waals surface area (Å²) in [6.45, 7) is 6.57. The van der Waals surface area contributed by atoms with Gasteiger partial charge in [0.2, 0.25) is 0 Å². The summed E-state index contributed by atoms with van der Waals surface area (Å²) in [6.07, 6.45) is 5.43. The molecule has 2 atom stereocenters. The average molecular weight is 282 g/mol. The molecule has 1 aliphatic rings. The Labute approximate surface area is 126 Å². The fourth-order valence-corrected chi connectivity index (χ4v) is 3.18. The van der Waals surface area contributed by atoms with Gasteiger partial charge in [-0.1, -0.05) is 13.0 Å². The first-order valence-corrected chi connectivity index (χ1v) is 7.74. The Morgan fingerprint density at radius 3 is 2.81 bits per heavy atom. The summed E-state index contributed by atoms with van der Waals surface area (Å²) in [6, 6.07) is 9.07. The molecule has 2 aromatic heterocycles. The van der Waals surface area contributed by atoms with Crippen LogP contribution in [0, 0.1) is 6.92 Å². The molecule has 1 saturated heterocycles. The van der Waals surface area contributed by atoms with E-state index < -0.39 is 0 Å². The molecule has 4 nitrogen and oxygen atoms in total. The summed E-state index contributed by atoms with van der Waals surface area (Å²) in [5.41, 5.74) is 1.83. The van der Waals surface area contributed by atoms with Crippen LogP contribution in [0.4, 0.5) is 5.82 Å². The Morgan fingerprint density at radius 2 is 2.10 bits per heavy atom. The van der Waals surface area contributed by atoms with Crippen LogP contribution in [-0.2, 0) is 0 Å². The van der Waals surface area contributed by atoms with Gasteiger partial charge in [0, 0.05) is 30.0 Å².